The summed E-state index contributed by atoms with van der Waals surface area (Å²) in [5, 5.41) is 14.6. The Morgan fingerprint density at radius 2 is 1.70 bits per heavy atom. The maximum atomic E-state index is 12.7. The van der Waals surface area contributed by atoms with Crippen LogP contribution in [-0.4, -0.2) is 29.4 Å². The number of hydrogen-bond donors (Lipinski definition) is 3. The Balaban J connectivity index is 2.07. The molecule has 0 aliphatic carbocycles. The van der Waals surface area contributed by atoms with Crippen LogP contribution in [0.25, 0.3) is 6.08 Å². The summed E-state index contributed by atoms with van der Waals surface area (Å²) in [6.45, 7) is 0.363. The van der Waals surface area contributed by atoms with E-state index in [-0.39, 0.29) is 22.7 Å². The van der Waals surface area contributed by atoms with Gasteiger partial charge < -0.3 is 15.7 Å². The first-order chi connectivity index (χ1) is 14.4. The molecule has 0 bridgehead atoms. The van der Waals surface area contributed by atoms with Crippen molar-refractivity contribution in [2.75, 3.05) is 6.54 Å². The van der Waals surface area contributed by atoms with Crippen LogP contribution in [0.3, 0.4) is 0 Å². The van der Waals surface area contributed by atoms with Gasteiger partial charge in [-0.1, -0.05) is 60.0 Å². The number of nitrogens with one attached hydrogen (secondary N) is 2. The second-order valence-corrected chi connectivity index (χ2v) is 7.35. The quantitative estimate of drug-likeness (QED) is 0.367. The third-order valence-corrected chi connectivity index (χ3v) is 4.68. The number of aliphatic carboxylic acids is 1. The largest absolute Gasteiger partial charge is 0.481 e. The average molecular weight is 449 g/mol. The molecule has 0 aliphatic rings. The Morgan fingerprint density at radius 1 is 0.967 bits per heavy atom. The van der Waals surface area contributed by atoms with Gasteiger partial charge in [-0.25, -0.2) is 0 Å². The minimum Gasteiger partial charge on any atom is -0.481 e. The summed E-state index contributed by atoms with van der Waals surface area (Å²) in [5.41, 5.74) is 1.01. The van der Waals surface area contributed by atoms with E-state index < -0.39 is 17.8 Å². The van der Waals surface area contributed by atoms with Crippen LogP contribution in [0.1, 0.15) is 41.6 Å². The maximum absolute atomic E-state index is 12.7. The van der Waals surface area contributed by atoms with Crippen molar-refractivity contribution < 1.29 is 19.5 Å². The predicted molar refractivity (Wildman–Crippen MR) is 117 cm³/mol. The van der Waals surface area contributed by atoms with Gasteiger partial charge in [0.15, 0.2) is 0 Å². The molecule has 3 N–H and O–H groups in total. The van der Waals surface area contributed by atoms with Gasteiger partial charge in [-0.3, -0.25) is 14.4 Å². The Bertz CT molecular complexity index is 930. The lowest BCUT2D eigenvalue weighted by atomic mass is 10.1. The average Bonchev–Trinajstić information content (AvgIpc) is 2.70. The van der Waals surface area contributed by atoms with Crippen LogP contribution in [0.5, 0.6) is 0 Å². The first-order valence-corrected chi connectivity index (χ1v) is 10.2. The number of hydrogen-bond acceptors (Lipinski definition) is 3. The van der Waals surface area contributed by atoms with Crippen LogP contribution in [0.4, 0.5) is 0 Å². The molecule has 30 heavy (non-hydrogen) atoms. The SMILES string of the molecule is O=C(O)CCCCCNC(=O)/C(=C/c1ccccc1)NC(=O)c1ccc(Cl)cc1Cl. The molecule has 2 amide bonds. The van der Waals surface area contributed by atoms with Crippen molar-refractivity contribution in [3.63, 3.8) is 0 Å². The lowest BCUT2D eigenvalue weighted by molar-refractivity contribution is -0.137. The normalized spacial score (nSPS) is 11.1. The zero-order valence-electron chi connectivity index (χ0n) is 16.2. The van der Waals surface area contributed by atoms with Gasteiger partial charge >= 0.3 is 5.97 Å². The summed E-state index contributed by atoms with van der Waals surface area (Å²) in [6.07, 6.45) is 3.53. The number of halogens is 2. The van der Waals surface area contributed by atoms with Crippen LogP contribution >= 0.6 is 23.2 Å². The first kappa shape index (κ1) is 23.4. The van der Waals surface area contributed by atoms with Crippen LogP contribution < -0.4 is 10.6 Å². The van der Waals surface area contributed by atoms with Crippen molar-refractivity contribution in [1.82, 2.24) is 10.6 Å². The van der Waals surface area contributed by atoms with Gasteiger partial charge in [0.1, 0.15) is 5.70 Å². The van der Waals surface area contributed by atoms with Crippen LogP contribution in [0.2, 0.25) is 10.0 Å². The molecule has 0 saturated carbocycles. The molecule has 8 heteroatoms. The first-order valence-electron chi connectivity index (χ1n) is 9.40. The van der Waals surface area contributed by atoms with E-state index in [0.29, 0.717) is 30.8 Å². The number of carbonyl (C=O) groups is 3. The third kappa shape index (κ3) is 7.89. The number of amides is 2. The molecule has 158 valence electrons. The summed E-state index contributed by atoms with van der Waals surface area (Å²) in [6, 6.07) is 13.6. The molecule has 0 heterocycles. The Kier molecular flexibility index (Phi) is 9.38. The van der Waals surface area contributed by atoms with E-state index in [1.807, 2.05) is 18.2 Å². The Hall–Kier alpha value is -2.83. The van der Waals surface area contributed by atoms with Gasteiger partial charge in [-0.2, -0.15) is 0 Å². The molecule has 6 nitrogen and oxygen atoms in total. The summed E-state index contributed by atoms with van der Waals surface area (Å²) < 4.78 is 0. The molecule has 0 spiro atoms. The fourth-order valence-corrected chi connectivity index (χ4v) is 3.11. The molecule has 2 rings (SSSR count). The van der Waals surface area contributed by atoms with Gasteiger partial charge in [0.2, 0.25) is 0 Å². The van der Waals surface area contributed by atoms with Crippen LogP contribution in [0.15, 0.2) is 54.2 Å². The minimum absolute atomic E-state index is 0.0720. The molecule has 0 unspecified atom stereocenters. The van der Waals surface area contributed by atoms with Crippen LogP contribution in [-0.2, 0) is 9.59 Å². The van der Waals surface area contributed by atoms with Crippen molar-refractivity contribution >= 4 is 47.1 Å². The molecule has 0 saturated heterocycles. The fraction of sp³-hybridized carbons (Fsp3) is 0.227. The number of carbonyl (C=O) groups excluding carboxylic acids is 2. The van der Waals surface area contributed by atoms with Gasteiger partial charge in [0, 0.05) is 18.0 Å². The highest BCUT2D eigenvalue weighted by Crippen LogP contribution is 2.21. The lowest BCUT2D eigenvalue weighted by Gasteiger charge is -2.12. The van der Waals surface area contributed by atoms with Crippen molar-refractivity contribution in [1.29, 1.82) is 0 Å². The smallest absolute Gasteiger partial charge is 0.303 e. The summed E-state index contributed by atoms with van der Waals surface area (Å²) >= 11 is 12.0. The Labute approximate surface area is 184 Å². The molecule has 0 atom stereocenters. The summed E-state index contributed by atoms with van der Waals surface area (Å²) in [7, 11) is 0. The minimum atomic E-state index is -0.837. The van der Waals surface area contributed by atoms with Crippen molar-refractivity contribution in [2.24, 2.45) is 0 Å². The summed E-state index contributed by atoms with van der Waals surface area (Å²) in [5.74, 6) is -1.82. The van der Waals surface area contributed by atoms with E-state index >= 15 is 0 Å². The molecule has 0 aromatic heterocycles. The van der Waals surface area contributed by atoms with Gasteiger partial charge in [0.05, 0.1) is 10.6 Å². The molecular weight excluding hydrogens is 427 g/mol. The standard InChI is InChI=1S/C22H22Cl2N2O4/c23-16-10-11-17(18(24)14-16)21(29)26-19(13-15-7-3-1-4-8-15)22(30)25-12-6-2-5-9-20(27)28/h1,3-4,7-8,10-11,13-14H,2,5-6,9,12H2,(H,25,30)(H,26,29)(H,27,28)/b19-13-. The molecule has 0 radical (unpaired) electrons. The van der Waals surface area contributed by atoms with E-state index in [0.717, 1.165) is 5.56 Å². The van der Waals surface area contributed by atoms with E-state index in [4.69, 9.17) is 28.3 Å². The highest BCUT2D eigenvalue weighted by molar-refractivity contribution is 6.36. The third-order valence-electron chi connectivity index (χ3n) is 4.13. The highest BCUT2D eigenvalue weighted by Gasteiger charge is 2.16. The van der Waals surface area contributed by atoms with Gasteiger partial charge in [-0.05, 0) is 42.7 Å². The second-order valence-electron chi connectivity index (χ2n) is 6.51. The van der Waals surface area contributed by atoms with Crippen molar-refractivity contribution in [2.45, 2.75) is 25.7 Å². The zero-order chi connectivity index (χ0) is 21.9. The lowest BCUT2D eigenvalue weighted by Crippen LogP contribution is -2.35. The van der Waals surface area contributed by atoms with E-state index in [1.54, 1.807) is 24.3 Å². The highest BCUT2D eigenvalue weighted by atomic mass is 35.5. The number of unbranched alkanes of at least 4 members (excludes halogenated alkanes) is 2. The van der Waals surface area contributed by atoms with Crippen LogP contribution in [0, 0.1) is 0 Å². The molecule has 2 aromatic carbocycles. The Morgan fingerprint density at radius 3 is 2.37 bits per heavy atom. The molecular formula is C22H22Cl2N2O4. The summed E-state index contributed by atoms with van der Waals surface area (Å²) in [4.78, 5) is 35.8. The second kappa shape index (κ2) is 12.0. The molecule has 2 aromatic rings. The molecule has 0 fully saturated rings. The van der Waals surface area contributed by atoms with Gasteiger partial charge in [0.25, 0.3) is 11.8 Å². The number of rotatable bonds is 10. The molecule has 0 aliphatic heterocycles. The van der Waals surface area contributed by atoms with Gasteiger partial charge in [-0.15, -0.1) is 0 Å². The van der Waals surface area contributed by atoms with E-state index in [1.165, 1.54) is 12.1 Å². The van der Waals surface area contributed by atoms with Crippen molar-refractivity contribution in [3.8, 4) is 0 Å². The topological polar surface area (TPSA) is 95.5 Å². The van der Waals surface area contributed by atoms with E-state index in [9.17, 15) is 14.4 Å². The monoisotopic (exact) mass is 448 g/mol. The number of carboxylic acids is 1. The zero-order valence-corrected chi connectivity index (χ0v) is 17.7. The van der Waals surface area contributed by atoms with Crippen molar-refractivity contribution in [3.05, 3.63) is 75.4 Å². The number of benzene rings is 2. The number of carboxylic acid groups (broad SMARTS) is 1. The van der Waals surface area contributed by atoms with E-state index in [2.05, 4.69) is 10.6 Å². The fourth-order valence-electron chi connectivity index (χ4n) is 2.61. The predicted octanol–water partition coefficient (Wildman–Crippen LogP) is 4.53. The maximum Gasteiger partial charge on any atom is 0.303 e.